The number of hydrogen-bond donors (Lipinski definition) is 3. The van der Waals surface area contributed by atoms with Gasteiger partial charge in [-0.15, -0.1) is 0 Å². The molecule has 0 aliphatic rings. The predicted octanol–water partition coefficient (Wildman–Crippen LogP) is 2.81. The van der Waals surface area contributed by atoms with Gasteiger partial charge in [0.2, 0.25) is 0 Å². The summed E-state index contributed by atoms with van der Waals surface area (Å²) in [6.45, 7) is 0. The quantitative estimate of drug-likeness (QED) is 0.439. The van der Waals surface area contributed by atoms with Crippen LogP contribution >= 0.6 is 47.0 Å². The van der Waals surface area contributed by atoms with Gasteiger partial charge in [0.15, 0.2) is 5.11 Å². The first-order valence-electron chi connectivity index (χ1n) is 3.46. The molecule has 3 nitrogen and oxygen atoms in total. The highest BCUT2D eigenvalue weighted by atomic mass is 35.5. The predicted molar refractivity (Wildman–Crippen MR) is 65.0 cm³/mol. The van der Waals surface area contributed by atoms with Gasteiger partial charge in [-0.25, -0.2) is 0 Å². The van der Waals surface area contributed by atoms with Crippen LogP contribution in [0.4, 0.5) is 5.69 Å². The molecule has 0 aliphatic heterocycles. The zero-order valence-corrected chi connectivity index (χ0v) is 9.86. The highest BCUT2D eigenvalue weighted by Crippen LogP contribution is 2.31. The van der Waals surface area contributed by atoms with Crippen LogP contribution in [0.3, 0.4) is 0 Å². The topological polar surface area (TPSA) is 50.1 Å². The lowest BCUT2D eigenvalue weighted by atomic mass is 10.3. The van der Waals surface area contributed by atoms with Gasteiger partial charge in [-0.05, 0) is 24.4 Å². The molecule has 0 unspecified atom stereocenters. The summed E-state index contributed by atoms with van der Waals surface area (Å²) in [5, 5.41) is 1.30. The van der Waals surface area contributed by atoms with Gasteiger partial charge in [0, 0.05) is 0 Å². The van der Waals surface area contributed by atoms with E-state index in [0.29, 0.717) is 20.8 Å². The summed E-state index contributed by atoms with van der Waals surface area (Å²) < 4.78 is 0. The SMILES string of the molecule is NC(=S)NNc1cc(Cl)c(Cl)cc1Cl. The van der Waals surface area contributed by atoms with Crippen molar-refractivity contribution in [1.29, 1.82) is 0 Å². The molecule has 7 heteroatoms. The molecule has 1 aromatic carbocycles. The van der Waals surface area contributed by atoms with Gasteiger partial charge < -0.3 is 5.73 Å². The fraction of sp³-hybridized carbons (Fsp3) is 0. The summed E-state index contributed by atoms with van der Waals surface area (Å²) in [4.78, 5) is 0. The lowest BCUT2D eigenvalue weighted by Gasteiger charge is -2.10. The first kappa shape index (κ1) is 11.7. The number of benzene rings is 1. The zero-order valence-electron chi connectivity index (χ0n) is 6.77. The summed E-state index contributed by atoms with van der Waals surface area (Å²) >= 11 is 22.0. The van der Waals surface area contributed by atoms with Crippen LogP contribution in [-0.4, -0.2) is 5.11 Å². The van der Waals surface area contributed by atoms with Crippen molar-refractivity contribution >= 4 is 57.8 Å². The molecule has 0 aromatic heterocycles. The van der Waals surface area contributed by atoms with Crippen LogP contribution in [-0.2, 0) is 0 Å². The summed E-state index contributed by atoms with van der Waals surface area (Å²) in [5.41, 5.74) is 11.0. The van der Waals surface area contributed by atoms with E-state index < -0.39 is 0 Å². The Morgan fingerprint density at radius 2 is 1.71 bits per heavy atom. The Morgan fingerprint density at radius 1 is 1.14 bits per heavy atom. The maximum absolute atomic E-state index is 5.86. The van der Waals surface area contributed by atoms with E-state index in [1.807, 2.05) is 0 Å². The first-order chi connectivity index (χ1) is 6.50. The van der Waals surface area contributed by atoms with Crippen LogP contribution < -0.4 is 16.6 Å². The van der Waals surface area contributed by atoms with Crippen molar-refractivity contribution in [2.75, 3.05) is 5.43 Å². The highest BCUT2D eigenvalue weighted by molar-refractivity contribution is 7.80. The molecular weight excluding hydrogens is 265 g/mol. The van der Waals surface area contributed by atoms with Crippen LogP contribution in [0, 0.1) is 0 Å². The Balaban J connectivity index is 2.87. The van der Waals surface area contributed by atoms with Crippen LogP contribution in [0.1, 0.15) is 0 Å². The molecule has 14 heavy (non-hydrogen) atoms. The molecule has 0 aliphatic carbocycles. The molecule has 76 valence electrons. The molecule has 0 saturated heterocycles. The molecule has 0 heterocycles. The Kier molecular flexibility index (Phi) is 4.07. The maximum atomic E-state index is 5.86. The molecule has 0 atom stereocenters. The molecule has 0 fully saturated rings. The maximum Gasteiger partial charge on any atom is 0.182 e. The van der Waals surface area contributed by atoms with Gasteiger partial charge >= 0.3 is 0 Å². The number of hydrazine groups is 1. The number of nitrogens with one attached hydrogen (secondary N) is 2. The zero-order chi connectivity index (χ0) is 10.7. The number of rotatable bonds is 2. The smallest absolute Gasteiger partial charge is 0.182 e. The van der Waals surface area contributed by atoms with Crippen molar-refractivity contribution in [1.82, 2.24) is 5.43 Å². The number of halogens is 3. The third-order valence-electron chi connectivity index (χ3n) is 1.33. The third-order valence-corrected chi connectivity index (χ3v) is 2.47. The highest BCUT2D eigenvalue weighted by Gasteiger charge is 2.05. The normalized spacial score (nSPS) is 9.64. The Morgan fingerprint density at radius 3 is 2.29 bits per heavy atom. The van der Waals surface area contributed by atoms with Gasteiger partial charge in [-0.2, -0.15) is 0 Å². The first-order valence-corrected chi connectivity index (χ1v) is 5.01. The monoisotopic (exact) mass is 269 g/mol. The average molecular weight is 271 g/mol. The fourth-order valence-electron chi connectivity index (χ4n) is 0.747. The summed E-state index contributed by atoms with van der Waals surface area (Å²) in [6, 6.07) is 3.09. The Bertz CT molecular complexity index is 369. The van der Waals surface area contributed by atoms with E-state index >= 15 is 0 Å². The molecule has 0 spiro atoms. The lowest BCUT2D eigenvalue weighted by molar-refractivity contribution is 1.13. The van der Waals surface area contributed by atoms with Gasteiger partial charge in [0.25, 0.3) is 0 Å². The average Bonchev–Trinajstić information content (AvgIpc) is 2.09. The van der Waals surface area contributed by atoms with Crippen molar-refractivity contribution in [3.8, 4) is 0 Å². The van der Waals surface area contributed by atoms with E-state index in [-0.39, 0.29) is 5.11 Å². The van der Waals surface area contributed by atoms with E-state index in [0.717, 1.165) is 0 Å². The summed E-state index contributed by atoms with van der Waals surface area (Å²) in [5.74, 6) is 0. The third kappa shape index (κ3) is 3.06. The molecular formula is C7H6Cl3N3S. The summed E-state index contributed by atoms with van der Waals surface area (Å²) in [7, 11) is 0. The molecule has 1 rings (SSSR count). The Hall–Kier alpha value is -0.420. The number of thiocarbonyl (C=S) groups is 1. The molecule has 0 bridgehead atoms. The van der Waals surface area contributed by atoms with E-state index in [1.54, 1.807) is 6.07 Å². The van der Waals surface area contributed by atoms with Crippen molar-refractivity contribution in [2.45, 2.75) is 0 Å². The van der Waals surface area contributed by atoms with Crippen molar-refractivity contribution in [3.63, 3.8) is 0 Å². The van der Waals surface area contributed by atoms with Gasteiger partial charge in [-0.1, -0.05) is 34.8 Å². The number of nitrogens with two attached hydrogens (primary N) is 1. The molecule has 0 amide bonds. The lowest BCUT2D eigenvalue weighted by Crippen LogP contribution is -2.34. The second-order valence-electron chi connectivity index (χ2n) is 2.36. The second-order valence-corrected chi connectivity index (χ2v) is 4.02. The van der Waals surface area contributed by atoms with E-state index in [1.165, 1.54) is 6.07 Å². The minimum Gasteiger partial charge on any atom is -0.375 e. The van der Waals surface area contributed by atoms with Crippen molar-refractivity contribution in [3.05, 3.63) is 27.2 Å². The van der Waals surface area contributed by atoms with E-state index in [2.05, 4.69) is 23.1 Å². The minimum atomic E-state index is 0.104. The van der Waals surface area contributed by atoms with Crippen LogP contribution in [0.15, 0.2) is 12.1 Å². The Labute approximate surface area is 101 Å². The standard InChI is InChI=1S/C7H6Cl3N3S/c8-3-1-5(10)6(2-4(3)9)12-13-7(11)14/h1-2,12H,(H3,11,13,14). The van der Waals surface area contributed by atoms with Gasteiger partial charge in [0.05, 0.1) is 20.8 Å². The second kappa shape index (κ2) is 4.89. The van der Waals surface area contributed by atoms with Crippen LogP contribution in [0.25, 0.3) is 0 Å². The van der Waals surface area contributed by atoms with E-state index in [9.17, 15) is 0 Å². The minimum absolute atomic E-state index is 0.104. The molecule has 4 N–H and O–H groups in total. The van der Waals surface area contributed by atoms with Crippen LogP contribution in [0.5, 0.6) is 0 Å². The number of hydrogen-bond acceptors (Lipinski definition) is 2. The van der Waals surface area contributed by atoms with Crippen molar-refractivity contribution < 1.29 is 0 Å². The molecule has 1 aromatic rings. The number of anilines is 1. The fourth-order valence-corrected chi connectivity index (χ4v) is 1.39. The van der Waals surface area contributed by atoms with Gasteiger partial charge in [0.1, 0.15) is 0 Å². The van der Waals surface area contributed by atoms with Crippen LogP contribution in [0.2, 0.25) is 15.1 Å². The summed E-state index contributed by atoms with van der Waals surface area (Å²) in [6.07, 6.45) is 0. The molecule has 0 saturated carbocycles. The largest absolute Gasteiger partial charge is 0.375 e. The van der Waals surface area contributed by atoms with Crippen molar-refractivity contribution in [2.24, 2.45) is 5.73 Å². The van der Waals surface area contributed by atoms with Gasteiger partial charge in [-0.3, -0.25) is 10.9 Å². The van der Waals surface area contributed by atoms with E-state index in [4.69, 9.17) is 40.5 Å². The molecule has 0 radical (unpaired) electrons.